The third-order valence-corrected chi connectivity index (χ3v) is 2.17. The second kappa shape index (κ2) is 6.07. The van der Waals surface area contributed by atoms with Gasteiger partial charge >= 0.3 is 5.97 Å². The number of nitrogens with one attached hydrogen (secondary N) is 1. The molecule has 0 bridgehead atoms. The van der Waals surface area contributed by atoms with Crippen LogP contribution >= 0.6 is 11.6 Å². The molecule has 0 fully saturated rings. The molecular weight excluding hydrogens is 232 g/mol. The summed E-state index contributed by atoms with van der Waals surface area (Å²) in [6.07, 6.45) is 3.28. The second-order valence-electron chi connectivity index (χ2n) is 3.11. The Balaban J connectivity index is 2.41. The molecule has 0 aliphatic carbocycles. The van der Waals surface area contributed by atoms with Crippen molar-refractivity contribution in [2.24, 2.45) is 0 Å². The van der Waals surface area contributed by atoms with E-state index in [0.29, 0.717) is 18.5 Å². The fraction of sp³-hybridized carbons (Fsp3) is 0.300. The van der Waals surface area contributed by atoms with Gasteiger partial charge in [0, 0.05) is 25.4 Å². The highest BCUT2D eigenvalue weighted by Gasteiger charge is 2.08. The highest BCUT2D eigenvalue weighted by Crippen LogP contribution is 2.12. The van der Waals surface area contributed by atoms with Gasteiger partial charge in [-0.05, 0) is 12.5 Å². The Kier molecular flexibility index (Phi) is 4.72. The number of carboxylic acids is 1. The zero-order chi connectivity index (χ0) is 12.0. The minimum atomic E-state index is -0.879. The number of carbonyl (C=O) groups is 2. The van der Waals surface area contributed by atoms with Gasteiger partial charge in [-0.2, -0.15) is 0 Å². The predicted octanol–water partition coefficient (Wildman–Crippen LogP) is 1.33. The lowest BCUT2D eigenvalue weighted by atomic mass is 10.2. The standard InChI is InChI=1S/C10H11ClN2O3/c11-8-6-12-5-3-7(8)10(16)13-4-1-2-9(14)15/h3,5-6H,1-2,4H2,(H,13,16)(H,14,15). The maximum absolute atomic E-state index is 11.5. The van der Waals surface area contributed by atoms with Crippen LogP contribution in [0.5, 0.6) is 0 Å². The van der Waals surface area contributed by atoms with Crippen molar-refractivity contribution < 1.29 is 14.7 Å². The van der Waals surface area contributed by atoms with E-state index in [1.165, 1.54) is 18.5 Å². The lowest BCUT2D eigenvalue weighted by molar-refractivity contribution is -0.137. The van der Waals surface area contributed by atoms with Gasteiger partial charge in [0.25, 0.3) is 5.91 Å². The molecule has 0 unspecified atom stereocenters. The average Bonchev–Trinajstić information content (AvgIpc) is 2.24. The number of pyridine rings is 1. The van der Waals surface area contributed by atoms with Crippen molar-refractivity contribution in [3.63, 3.8) is 0 Å². The summed E-state index contributed by atoms with van der Waals surface area (Å²) >= 11 is 5.76. The van der Waals surface area contributed by atoms with Gasteiger partial charge in [-0.1, -0.05) is 11.6 Å². The van der Waals surface area contributed by atoms with Gasteiger partial charge < -0.3 is 10.4 Å². The maximum atomic E-state index is 11.5. The highest BCUT2D eigenvalue weighted by atomic mass is 35.5. The summed E-state index contributed by atoms with van der Waals surface area (Å²) in [5.41, 5.74) is 0.340. The lowest BCUT2D eigenvalue weighted by Crippen LogP contribution is -2.25. The normalized spacial score (nSPS) is 9.81. The smallest absolute Gasteiger partial charge is 0.303 e. The number of hydrogen-bond donors (Lipinski definition) is 2. The Morgan fingerprint density at radius 3 is 2.88 bits per heavy atom. The molecule has 1 amide bonds. The monoisotopic (exact) mass is 242 g/mol. The van der Waals surface area contributed by atoms with Crippen LogP contribution in [0.4, 0.5) is 0 Å². The number of hydrogen-bond acceptors (Lipinski definition) is 3. The van der Waals surface area contributed by atoms with Gasteiger partial charge in [0.15, 0.2) is 0 Å². The summed E-state index contributed by atoms with van der Waals surface area (Å²) in [5.74, 6) is -1.20. The molecule has 0 radical (unpaired) electrons. The van der Waals surface area contributed by atoms with Crippen molar-refractivity contribution in [1.29, 1.82) is 0 Å². The second-order valence-corrected chi connectivity index (χ2v) is 3.52. The number of nitrogens with zero attached hydrogens (tertiary/aromatic N) is 1. The predicted molar refractivity (Wildman–Crippen MR) is 58.5 cm³/mol. The molecule has 1 aromatic heterocycles. The number of aromatic nitrogens is 1. The van der Waals surface area contributed by atoms with E-state index in [0.717, 1.165) is 0 Å². The number of aliphatic carboxylic acids is 1. The Morgan fingerprint density at radius 1 is 1.50 bits per heavy atom. The number of carbonyl (C=O) groups excluding carboxylic acids is 1. The quantitative estimate of drug-likeness (QED) is 0.764. The van der Waals surface area contributed by atoms with Crippen molar-refractivity contribution in [2.45, 2.75) is 12.8 Å². The van der Waals surface area contributed by atoms with Crippen molar-refractivity contribution in [3.8, 4) is 0 Å². The third kappa shape index (κ3) is 3.86. The van der Waals surface area contributed by atoms with E-state index in [1.807, 2.05) is 0 Å². The summed E-state index contributed by atoms with van der Waals surface area (Å²) in [6.45, 7) is 0.309. The van der Waals surface area contributed by atoms with Crippen LogP contribution in [0, 0.1) is 0 Å². The topological polar surface area (TPSA) is 79.3 Å². The molecular formula is C10H11ClN2O3. The van der Waals surface area contributed by atoms with Gasteiger partial charge in [-0.15, -0.1) is 0 Å². The van der Waals surface area contributed by atoms with Crippen molar-refractivity contribution in [1.82, 2.24) is 10.3 Å². The summed E-state index contributed by atoms with van der Waals surface area (Å²) < 4.78 is 0. The van der Waals surface area contributed by atoms with Crippen LogP contribution < -0.4 is 5.32 Å². The molecule has 0 aliphatic heterocycles. The zero-order valence-electron chi connectivity index (χ0n) is 8.44. The number of rotatable bonds is 5. The molecule has 0 saturated carbocycles. The van der Waals surface area contributed by atoms with Crippen LogP contribution in [0.25, 0.3) is 0 Å². The Hall–Kier alpha value is -1.62. The Morgan fingerprint density at radius 2 is 2.25 bits per heavy atom. The van der Waals surface area contributed by atoms with Gasteiger partial charge in [-0.25, -0.2) is 0 Å². The SMILES string of the molecule is O=C(O)CCCNC(=O)c1ccncc1Cl. The van der Waals surface area contributed by atoms with E-state index in [2.05, 4.69) is 10.3 Å². The summed E-state index contributed by atoms with van der Waals surface area (Å²) in [7, 11) is 0. The Bertz CT molecular complexity index is 395. The molecule has 5 nitrogen and oxygen atoms in total. The van der Waals surface area contributed by atoms with E-state index in [4.69, 9.17) is 16.7 Å². The van der Waals surface area contributed by atoms with Gasteiger partial charge in [-0.3, -0.25) is 14.6 Å². The van der Waals surface area contributed by atoms with Crippen LogP contribution in [0.3, 0.4) is 0 Å². The largest absolute Gasteiger partial charge is 0.481 e. The minimum Gasteiger partial charge on any atom is -0.481 e. The molecule has 16 heavy (non-hydrogen) atoms. The van der Waals surface area contributed by atoms with E-state index in [-0.39, 0.29) is 17.4 Å². The van der Waals surface area contributed by atoms with E-state index in [9.17, 15) is 9.59 Å². The third-order valence-electron chi connectivity index (χ3n) is 1.87. The van der Waals surface area contributed by atoms with E-state index < -0.39 is 5.97 Å². The van der Waals surface area contributed by atoms with Gasteiger partial charge in [0.05, 0.1) is 10.6 Å². The first-order valence-electron chi connectivity index (χ1n) is 4.71. The number of halogens is 1. The molecule has 6 heteroatoms. The summed E-state index contributed by atoms with van der Waals surface area (Å²) in [4.78, 5) is 25.5. The molecule has 2 N–H and O–H groups in total. The van der Waals surface area contributed by atoms with Gasteiger partial charge in [0.2, 0.25) is 0 Å². The molecule has 0 spiro atoms. The molecule has 1 heterocycles. The van der Waals surface area contributed by atoms with E-state index in [1.54, 1.807) is 0 Å². The van der Waals surface area contributed by atoms with Crippen LogP contribution in [0.15, 0.2) is 18.5 Å². The van der Waals surface area contributed by atoms with Gasteiger partial charge in [0.1, 0.15) is 0 Å². The molecule has 1 aromatic rings. The Labute approximate surface area is 97.4 Å². The van der Waals surface area contributed by atoms with E-state index >= 15 is 0 Å². The zero-order valence-corrected chi connectivity index (χ0v) is 9.20. The molecule has 86 valence electrons. The van der Waals surface area contributed by atoms with Crippen LogP contribution in [0.2, 0.25) is 5.02 Å². The molecule has 0 aliphatic rings. The fourth-order valence-corrected chi connectivity index (χ4v) is 1.30. The first-order valence-corrected chi connectivity index (χ1v) is 5.08. The van der Waals surface area contributed by atoms with Crippen LogP contribution in [-0.4, -0.2) is 28.5 Å². The van der Waals surface area contributed by atoms with Crippen LogP contribution in [-0.2, 0) is 4.79 Å². The summed E-state index contributed by atoms with van der Waals surface area (Å²) in [5, 5.41) is 11.3. The molecule has 0 atom stereocenters. The molecule has 0 aromatic carbocycles. The lowest BCUT2D eigenvalue weighted by Gasteiger charge is -2.04. The minimum absolute atomic E-state index is 0.0321. The molecule has 1 rings (SSSR count). The summed E-state index contributed by atoms with van der Waals surface area (Å²) in [6, 6.07) is 1.51. The first-order chi connectivity index (χ1) is 7.61. The van der Waals surface area contributed by atoms with Crippen molar-refractivity contribution in [2.75, 3.05) is 6.54 Å². The van der Waals surface area contributed by atoms with Crippen molar-refractivity contribution in [3.05, 3.63) is 29.0 Å². The number of carboxylic acid groups (broad SMARTS) is 1. The first kappa shape index (κ1) is 12.4. The fourth-order valence-electron chi connectivity index (χ4n) is 1.10. The van der Waals surface area contributed by atoms with Crippen LogP contribution in [0.1, 0.15) is 23.2 Å². The maximum Gasteiger partial charge on any atom is 0.303 e. The average molecular weight is 243 g/mol. The number of amides is 1. The van der Waals surface area contributed by atoms with Crippen molar-refractivity contribution >= 4 is 23.5 Å². The molecule has 0 saturated heterocycles. The highest BCUT2D eigenvalue weighted by molar-refractivity contribution is 6.33.